The number of benzene rings is 1. The molecule has 5 nitrogen and oxygen atoms in total. The molecule has 5 heteroatoms. The van der Waals surface area contributed by atoms with Crippen LogP contribution in [-0.2, 0) is 0 Å². The molecule has 1 aliphatic heterocycles. The summed E-state index contributed by atoms with van der Waals surface area (Å²) in [6.45, 7) is 3.06. The monoisotopic (exact) mass is 246 g/mol. The molecule has 0 aliphatic carbocycles. The third-order valence-corrected chi connectivity index (χ3v) is 2.83. The maximum atomic E-state index is 5.56. The molecule has 2 aromatic rings. The number of oxazole rings is 1. The van der Waals surface area contributed by atoms with Crippen molar-refractivity contribution >= 4 is 6.01 Å². The van der Waals surface area contributed by atoms with Gasteiger partial charge in [-0.15, -0.1) is 0 Å². The minimum atomic E-state index is 0.511. The van der Waals surface area contributed by atoms with E-state index in [4.69, 9.17) is 13.9 Å². The van der Waals surface area contributed by atoms with Crippen molar-refractivity contribution in [2.45, 2.75) is 6.92 Å². The van der Waals surface area contributed by atoms with Crippen LogP contribution in [0.1, 0.15) is 5.76 Å². The second kappa shape index (κ2) is 4.25. The number of fused-ring (bicyclic) bond motifs is 1. The molecule has 0 saturated heterocycles. The van der Waals surface area contributed by atoms with Crippen LogP contribution in [0, 0.1) is 6.92 Å². The molecule has 1 aromatic carbocycles. The Labute approximate surface area is 105 Å². The van der Waals surface area contributed by atoms with Gasteiger partial charge in [-0.2, -0.15) is 4.98 Å². The van der Waals surface area contributed by atoms with E-state index in [1.807, 2.05) is 25.1 Å². The van der Waals surface area contributed by atoms with E-state index < -0.39 is 0 Å². The first kappa shape index (κ1) is 11.0. The van der Waals surface area contributed by atoms with Crippen LogP contribution in [0.3, 0.4) is 0 Å². The third-order valence-electron chi connectivity index (χ3n) is 2.83. The van der Waals surface area contributed by atoms with Gasteiger partial charge in [0.15, 0.2) is 11.5 Å². The number of aryl methyl sites for hydroxylation is 1. The van der Waals surface area contributed by atoms with Gasteiger partial charge >= 0.3 is 0 Å². The Morgan fingerprint density at radius 1 is 1.17 bits per heavy atom. The Morgan fingerprint density at radius 3 is 2.67 bits per heavy atom. The van der Waals surface area contributed by atoms with Crippen LogP contribution in [0.5, 0.6) is 11.5 Å². The molecule has 1 N–H and O–H groups in total. The number of nitrogens with zero attached hydrogens (tertiary/aromatic N) is 1. The lowest BCUT2D eigenvalue weighted by Crippen LogP contribution is -2.15. The average molecular weight is 246 g/mol. The van der Waals surface area contributed by atoms with Gasteiger partial charge in [0.1, 0.15) is 24.7 Å². The van der Waals surface area contributed by atoms with Gasteiger partial charge in [-0.25, -0.2) is 0 Å². The Morgan fingerprint density at radius 2 is 1.94 bits per heavy atom. The van der Waals surface area contributed by atoms with Crippen LogP contribution >= 0.6 is 0 Å². The summed E-state index contributed by atoms with van der Waals surface area (Å²) in [6, 6.07) is 6.30. The predicted molar refractivity (Wildman–Crippen MR) is 67.2 cm³/mol. The van der Waals surface area contributed by atoms with Gasteiger partial charge in [-0.3, -0.25) is 0 Å². The molecule has 3 rings (SSSR count). The zero-order valence-corrected chi connectivity index (χ0v) is 10.3. The SMILES string of the molecule is CNc1nc(-c2ccc3c(c2)OCCO3)c(C)o1. The second-order valence-electron chi connectivity index (χ2n) is 4.03. The van der Waals surface area contributed by atoms with Crippen molar-refractivity contribution in [3.8, 4) is 22.8 Å². The molecule has 1 aliphatic rings. The van der Waals surface area contributed by atoms with Crippen LogP contribution in [0.2, 0.25) is 0 Å². The van der Waals surface area contributed by atoms with E-state index in [2.05, 4.69) is 10.3 Å². The number of rotatable bonds is 2. The van der Waals surface area contributed by atoms with E-state index in [1.165, 1.54) is 0 Å². The minimum Gasteiger partial charge on any atom is -0.486 e. The molecule has 0 amide bonds. The Hall–Kier alpha value is -2.17. The van der Waals surface area contributed by atoms with Gasteiger partial charge in [0.25, 0.3) is 6.01 Å². The van der Waals surface area contributed by atoms with Crippen molar-refractivity contribution in [3.05, 3.63) is 24.0 Å². The summed E-state index contributed by atoms with van der Waals surface area (Å²) in [5.74, 6) is 2.31. The van der Waals surface area contributed by atoms with Crippen molar-refractivity contribution in [2.75, 3.05) is 25.6 Å². The van der Waals surface area contributed by atoms with Crippen LogP contribution in [0.4, 0.5) is 6.01 Å². The van der Waals surface area contributed by atoms with Crippen LogP contribution in [0.15, 0.2) is 22.6 Å². The summed E-state index contributed by atoms with van der Waals surface area (Å²) in [7, 11) is 1.78. The van der Waals surface area contributed by atoms with Gasteiger partial charge in [0.05, 0.1) is 0 Å². The molecule has 94 valence electrons. The van der Waals surface area contributed by atoms with Crippen molar-refractivity contribution in [1.29, 1.82) is 0 Å². The highest BCUT2D eigenvalue weighted by Gasteiger charge is 2.16. The Balaban J connectivity index is 2.03. The highest BCUT2D eigenvalue weighted by molar-refractivity contribution is 5.66. The molecular formula is C13H14N2O3. The fourth-order valence-corrected chi connectivity index (χ4v) is 1.96. The van der Waals surface area contributed by atoms with E-state index in [0.29, 0.717) is 19.2 Å². The molecule has 18 heavy (non-hydrogen) atoms. The molecule has 0 fully saturated rings. The Bertz CT molecular complexity index is 578. The van der Waals surface area contributed by atoms with Gasteiger partial charge in [0.2, 0.25) is 0 Å². The number of hydrogen-bond acceptors (Lipinski definition) is 5. The quantitative estimate of drug-likeness (QED) is 0.882. The molecule has 0 unspecified atom stereocenters. The molecule has 0 bridgehead atoms. The smallest absolute Gasteiger partial charge is 0.295 e. The summed E-state index contributed by atoms with van der Waals surface area (Å²) < 4.78 is 16.5. The van der Waals surface area contributed by atoms with Crippen LogP contribution in [0.25, 0.3) is 11.3 Å². The number of hydrogen-bond donors (Lipinski definition) is 1. The van der Waals surface area contributed by atoms with Crippen molar-refractivity contribution in [1.82, 2.24) is 4.98 Å². The first-order valence-electron chi connectivity index (χ1n) is 5.83. The maximum absolute atomic E-state index is 5.56. The van der Waals surface area contributed by atoms with Crippen molar-refractivity contribution in [3.63, 3.8) is 0 Å². The minimum absolute atomic E-state index is 0.511. The largest absolute Gasteiger partial charge is 0.486 e. The number of anilines is 1. The van der Waals surface area contributed by atoms with Gasteiger partial charge in [-0.05, 0) is 25.1 Å². The van der Waals surface area contributed by atoms with E-state index >= 15 is 0 Å². The number of ether oxygens (including phenoxy) is 2. The number of aromatic nitrogens is 1. The highest BCUT2D eigenvalue weighted by Crippen LogP contribution is 2.35. The molecule has 2 heterocycles. The van der Waals surface area contributed by atoms with Crippen molar-refractivity contribution in [2.24, 2.45) is 0 Å². The first-order chi connectivity index (χ1) is 8.78. The molecule has 0 spiro atoms. The molecule has 0 saturated carbocycles. The van der Waals surface area contributed by atoms with E-state index in [1.54, 1.807) is 7.05 Å². The average Bonchev–Trinajstić information content (AvgIpc) is 2.79. The zero-order chi connectivity index (χ0) is 12.5. The van der Waals surface area contributed by atoms with E-state index in [9.17, 15) is 0 Å². The van der Waals surface area contributed by atoms with Gasteiger partial charge in [-0.1, -0.05) is 0 Å². The van der Waals surface area contributed by atoms with E-state index in [-0.39, 0.29) is 0 Å². The van der Waals surface area contributed by atoms with Crippen LogP contribution < -0.4 is 14.8 Å². The maximum Gasteiger partial charge on any atom is 0.295 e. The summed E-state index contributed by atoms with van der Waals surface area (Å²) >= 11 is 0. The lowest BCUT2D eigenvalue weighted by Gasteiger charge is -2.18. The fraction of sp³-hybridized carbons (Fsp3) is 0.308. The molecule has 1 aromatic heterocycles. The standard InChI is InChI=1S/C13H14N2O3/c1-8-12(15-13(14-2)18-8)9-3-4-10-11(7-9)17-6-5-16-10/h3-4,7H,5-6H2,1-2H3,(H,14,15). The zero-order valence-electron chi connectivity index (χ0n) is 10.3. The van der Waals surface area contributed by atoms with Gasteiger partial charge < -0.3 is 19.2 Å². The fourth-order valence-electron chi connectivity index (χ4n) is 1.96. The van der Waals surface area contributed by atoms with Gasteiger partial charge in [0, 0.05) is 12.6 Å². The third kappa shape index (κ3) is 1.77. The topological polar surface area (TPSA) is 56.5 Å². The molecule has 0 radical (unpaired) electrons. The molecule has 0 atom stereocenters. The summed E-state index contributed by atoms with van der Waals surface area (Å²) in [5, 5.41) is 2.89. The summed E-state index contributed by atoms with van der Waals surface area (Å²) in [4.78, 5) is 4.37. The second-order valence-corrected chi connectivity index (χ2v) is 4.03. The highest BCUT2D eigenvalue weighted by atomic mass is 16.6. The first-order valence-corrected chi connectivity index (χ1v) is 5.83. The lowest BCUT2D eigenvalue weighted by molar-refractivity contribution is 0.171. The van der Waals surface area contributed by atoms with E-state index in [0.717, 1.165) is 28.5 Å². The van der Waals surface area contributed by atoms with Crippen LogP contribution in [-0.4, -0.2) is 25.2 Å². The lowest BCUT2D eigenvalue weighted by atomic mass is 10.1. The summed E-state index contributed by atoms with van der Waals surface area (Å²) in [6.07, 6.45) is 0. The number of nitrogens with one attached hydrogen (secondary N) is 1. The summed E-state index contributed by atoms with van der Waals surface area (Å²) in [5.41, 5.74) is 1.78. The predicted octanol–water partition coefficient (Wildman–Crippen LogP) is 2.46. The van der Waals surface area contributed by atoms with Crippen molar-refractivity contribution < 1.29 is 13.9 Å². The molecular weight excluding hydrogens is 232 g/mol. The normalized spacial score (nSPS) is 13.4. The Kier molecular flexibility index (Phi) is 2.59.